The van der Waals surface area contributed by atoms with Gasteiger partial charge in [0.25, 0.3) is 5.91 Å². The molecule has 1 aromatic rings. The predicted octanol–water partition coefficient (Wildman–Crippen LogP) is -0.739. The van der Waals surface area contributed by atoms with Crippen molar-refractivity contribution in [1.29, 1.82) is 0 Å². The van der Waals surface area contributed by atoms with E-state index in [-0.39, 0.29) is 44.3 Å². The predicted molar refractivity (Wildman–Crippen MR) is 113 cm³/mol. The zero-order chi connectivity index (χ0) is 23.8. The van der Waals surface area contributed by atoms with Crippen molar-refractivity contribution in [2.45, 2.75) is 32.2 Å². The summed E-state index contributed by atoms with van der Waals surface area (Å²) in [4.78, 5) is 59.4. The van der Waals surface area contributed by atoms with Crippen LogP contribution in [0.5, 0.6) is 0 Å². The number of carbonyl (C=O) groups excluding carboxylic acids is 4. The fourth-order valence-corrected chi connectivity index (χ4v) is 3.15. The maximum absolute atomic E-state index is 13.0. The van der Waals surface area contributed by atoms with E-state index < -0.39 is 29.7 Å². The minimum atomic E-state index is -1.06. The molecule has 32 heavy (non-hydrogen) atoms. The maximum Gasteiger partial charge on any atom is 0.305 e. The lowest BCUT2D eigenvalue weighted by Crippen LogP contribution is -2.53. The Morgan fingerprint density at radius 2 is 2.06 bits per heavy atom. The van der Waals surface area contributed by atoms with Gasteiger partial charge in [0.15, 0.2) is 0 Å². The first-order chi connectivity index (χ1) is 15.1. The van der Waals surface area contributed by atoms with Crippen LogP contribution in [0.4, 0.5) is 5.69 Å². The number of anilines is 1. The van der Waals surface area contributed by atoms with Crippen LogP contribution in [0.3, 0.4) is 0 Å². The van der Waals surface area contributed by atoms with E-state index >= 15 is 0 Å². The number of aliphatic carboxylic acids is 1. The summed E-state index contributed by atoms with van der Waals surface area (Å²) in [7, 11) is 0. The number of hydrogen-bond donors (Lipinski definition) is 5. The number of amides is 4. The second-order valence-electron chi connectivity index (χ2n) is 7.20. The average molecular weight is 446 g/mol. The standard InChI is InChI=1S/C20H26N6O6/c1-12-14(20(32)26(11-27)16-5-6-17(28)24-19(16)31)3-2-4-15(12)23-9-13(21)10-25(22)8-7-18(29)30/h2-4,10-11,16,23H,5-9,21-22H2,1H3,(H,29,30)(H,24,28,31)/b13-10-. The molecule has 1 fully saturated rings. The Balaban J connectivity index is 2.11. The van der Waals surface area contributed by atoms with Crippen molar-refractivity contribution < 1.29 is 29.1 Å². The normalized spacial score (nSPS) is 16.2. The van der Waals surface area contributed by atoms with Crippen LogP contribution in [0.25, 0.3) is 0 Å². The van der Waals surface area contributed by atoms with E-state index in [1.807, 2.05) is 0 Å². The zero-order valence-electron chi connectivity index (χ0n) is 17.5. The van der Waals surface area contributed by atoms with Crippen LogP contribution >= 0.6 is 0 Å². The summed E-state index contributed by atoms with van der Waals surface area (Å²) < 4.78 is 0. The Kier molecular flexibility index (Phi) is 8.30. The summed E-state index contributed by atoms with van der Waals surface area (Å²) >= 11 is 0. The number of nitrogens with one attached hydrogen (secondary N) is 2. The fourth-order valence-electron chi connectivity index (χ4n) is 3.15. The molecule has 1 saturated heterocycles. The molecule has 1 heterocycles. The van der Waals surface area contributed by atoms with Crippen LogP contribution in [-0.4, -0.2) is 64.2 Å². The molecule has 0 spiro atoms. The summed E-state index contributed by atoms with van der Waals surface area (Å²) in [5.41, 5.74) is 7.53. The summed E-state index contributed by atoms with van der Waals surface area (Å²) in [6.07, 6.45) is 1.64. The quantitative estimate of drug-likeness (QED) is 0.132. The number of benzene rings is 1. The van der Waals surface area contributed by atoms with Gasteiger partial charge < -0.3 is 21.2 Å². The van der Waals surface area contributed by atoms with Crippen LogP contribution in [0.15, 0.2) is 30.1 Å². The average Bonchev–Trinajstić information content (AvgIpc) is 2.73. The topological polar surface area (TPSA) is 188 Å². The molecule has 172 valence electrons. The summed E-state index contributed by atoms with van der Waals surface area (Å²) in [5.74, 6) is 2.88. The number of carboxylic acid groups (broad SMARTS) is 1. The third-order valence-corrected chi connectivity index (χ3v) is 4.86. The van der Waals surface area contributed by atoms with Gasteiger partial charge in [-0.3, -0.25) is 34.2 Å². The van der Waals surface area contributed by atoms with Gasteiger partial charge in [0.05, 0.1) is 13.0 Å². The molecule has 1 aliphatic rings. The molecule has 1 aromatic carbocycles. The monoisotopic (exact) mass is 446 g/mol. The Morgan fingerprint density at radius 1 is 1.34 bits per heavy atom. The second-order valence-corrected chi connectivity index (χ2v) is 7.20. The maximum atomic E-state index is 13.0. The van der Waals surface area contributed by atoms with E-state index in [0.717, 1.165) is 4.90 Å². The number of carbonyl (C=O) groups is 5. The van der Waals surface area contributed by atoms with Gasteiger partial charge in [-0.25, -0.2) is 5.84 Å². The SMILES string of the molecule is Cc1c(NC/C(N)=C/N(N)CCC(=O)O)cccc1C(=O)N(C=O)C1CCC(=O)NC1=O. The Labute approximate surface area is 184 Å². The molecule has 1 unspecified atom stereocenters. The van der Waals surface area contributed by atoms with Gasteiger partial charge in [-0.15, -0.1) is 0 Å². The van der Waals surface area contributed by atoms with Crippen molar-refractivity contribution in [3.8, 4) is 0 Å². The number of rotatable bonds is 10. The molecular weight excluding hydrogens is 420 g/mol. The van der Waals surface area contributed by atoms with Crippen LogP contribution in [-0.2, 0) is 19.2 Å². The number of hydrogen-bond acceptors (Lipinski definition) is 9. The van der Waals surface area contributed by atoms with Gasteiger partial charge in [0, 0.05) is 36.1 Å². The van der Waals surface area contributed by atoms with E-state index in [2.05, 4.69) is 10.6 Å². The largest absolute Gasteiger partial charge is 0.481 e. The minimum absolute atomic E-state index is 0.0326. The lowest BCUT2D eigenvalue weighted by atomic mass is 10.0. The Hall–Kier alpha value is -3.93. The van der Waals surface area contributed by atoms with Crippen molar-refractivity contribution in [2.24, 2.45) is 11.6 Å². The molecule has 2 rings (SSSR count). The van der Waals surface area contributed by atoms with Gasteiger partial charge in [0.2, 0.25) is 18.2 Å². The van der Waals surface area contributed by atoms with Crippen LogP contribution in [0, 0.1) is 6.92 Å². The lowest BCUT2D eigenvalue weighted by Gasteiger charge is -2.29. The highest BCUT2D eigenvalue weighted by molar-refractivity contribution is 6.08. The first-order valence-corrected chi connectivity index (χ1v) is 9.78. The zero-order valence-corrected chi connectivity index (χ0v) is 17.5. The molecule has 4 amide bonds. The van der Waals surface area contributed by atoms with Crippen molar-refractivity contribution >= 4 is 35.8 Å². The number of nitrogens with two attached hydrogens (primary N) is 2. The Morgan fingerprint density at radius 3 is 2.69 bits per heavy atom. The number of nitrogens with zero attached hydrogens (tertiary/aromatic N) is 2. The molecule has 1 aliphatic heterocycles. The number of carboxylic acids is 1. The minimum Gasteiger partial charge on any atom is -0.481 e. The van der Waals surface area contributed by atoms with E-state index in [1.165, 1.54) is 17.3 Å². The molecular formula is C20H26N6O6. The van der Waals surface area contributed by atoms with Crippen molar-refractivity contribution in [1.82, 2.24) is 15.2 Å². The summed E-state index contributed by atoms with van der Waals surface area (Å²) in [5, 5.41) is 15.0. The smallest absolute Gasteiger partial charge is 0.305 e. The van der Waals surface area contributed by atoms with Crippen LogP contribution in [0.2, 0.25) is 0 Å². The first kappa shape index (κ1) is 24.3. The van der Waals surface area contributed by atoms with Gasteiger partial charge >= 0.3 is 5.97 Å². The molecule has 0 aromatic heterocycles. The highest BCUT2D eigenvalue weighted by atomic mass is 16.4. The van der Waals surface area contributed by atoms with Gasteiger partial charge in [-0.05, 0) is 31.0 Å². The molecule has 0 radical (unpaired) electrons. The molecule has 12 heteroatoms. The van der Waals surface area contributed by atoms with E-state index in [9.17, 15) is 24.0 Å². The van der Waals surface area contributed by atoms with Crippen LogP contribution in [0.1, 0.15) is 35.2 Å². The third kappa shape index (κ3) is 6.28. The van der Waals surface area contributed by atoms with Crippen LogP contribution < -0.4 is 22.2 Å². The second kappa shape index (κ2) is 10.9. The molecule has 0 saturated carbocycles. The van der Waals surface area contributed by atoms with Gasteiger partial charge in [-0.2, -0.15) is 0 Å². The Bertz CT molecular complexity index is 947. The van der Waals surface area contributed by atoms with E-state index in [4.69, 9.17) is 16.7 Å². The van der Waals surface area contributed by atoms with E-state index in [0.29, 0.717) is 16.9 Å². The van der Waals surface area contributed by atoms with Crippen molar-refractivity contribution in [3.05, 3.63) is 41.2 Å². The molecule has 12 nitrogen and oxygen atoms in total. The first-order valence-electron chi connectivity index (χ1n) is 9.78. The van der Waals surface area contributed by atoms with E-state index in [1.54, 1.807) is 19.1 Å². The molecule has 0 bridgehead atoms. The lowest BCUT2D eigenvalue weighted by molar-refractivity contribution is -0.139. The number of hydrazine groups is 1. The summed E-state index contributed by atoms with van der Waals surface area (Å²) in [6.45, 7) is 1.91. The van der Waals surface area contributed by atoms with Crippen molar-refractivity contribution in [2.75, 3.05) is 18.4 Å². The van der Waals surface area contributed by atoms with Gasteiger partial charge in [0.1, 0.15) is 6.04 Å². The summed E-state index contributed by atoms with van der Waals surface area (Å²) in [6, 6.07) is 3.78. The van der Waals surface area contributed by atoms with Gasteiger partial charge in [-0.1, -0.05) is 6.07 Å². The highest BCUT2D eigenvalue weighted by Gasteiger charge is 2.35. The third-order valence-electron chi connectivity index (χ3n) is 4.86. The highest BCUT2D eigenvalue weighted by Crippen LogP contribution is 2.22. The molecule has 7 N–H and O–H groups in total. The molecule has 0 aliphatic carbocycles. The van der Waals surface area contributed by atoms with Crippen molar-refractivity contribution in [3.63, 3.8) is 0 Å². The number of piperidine rings is 1. The number of imide groups is 2. The molecule has 1 atom stereocenters. The fraction of sp³-hybridized carbons (Fsp3) is 0.350.